The van der Waals surface area contributed by atoms with Crippen molar-refractivity contribution in [2.45, 2.75) is 65.5 Å². The lowest BCUT2D eigenvalue weighted by Gasteiger charge is -2.41. The van der Waals surface area contributed by atoms with Gasteiger partial charge in [0.15, 0.2) is 0 Å². The molecule has 152 valence electrons. The first-order valence-electron chi connectivity index (χ1n) is 10.0. The van der Waals surface area contributed by atoms with Crippen LogP contribution < -0.4 is 20.1 Å². The third-order valence-corrected chi connectivity index (χ3v) is 5.68. The predicted molar refractivity (Wildman–Crippen MR) is 109 cm³/mol. The molecule has 1 amide bonds. The first-order chi connectivity index (χ1) is 12.8. The van der Waals surface area contributed by atoms with Gasteiger partial charge in [-0.2, -0.15) is 0 Å². The van der Waals surface area contributed by atoms with Crippen molar-refractivity contribution in [2.75, 3.05) is 20.8 Å². The number of hydrogen-bond acceptors (Lipinski definition) is 4. The monoisotopic (exact) mass is 376 g/mol. The molecular formula is C22H36N2O3. The average Bonchev–Trinajstić information content (AvgIpc) is 2.65. The van der Waals surface area contributed by atoms with Crippen LogP contribution in [0.2, 0.25) is 0 Å². The van der Waals surface area contributed by atoms with Gasteiger partial charge in [0.05, 0.1) is 26.8 Å². The molecule has 2 rings (SSSR count). The maximum Gasteiger partial charge on any atom is 0.234 e. The third kappa shape index (κ3) is 5.86. The van der Waals surface area contributed by atoms with E-state index in [-0.39, 0.29) is 17.4 Å². The number of amides is 1. The molecule has 0 bridgehead atoms. The van der Waals surface area contributed by atoms with E-state index in [4.69, 9.17) is 9.47 Å². The fourth-order valence-corrected chi connectivity index (χ4v) is 4.18. The highest BCUT2D eigenvalue weighted by atomic mass is 16.5. The Bertz CT molecular complexity index is 624. The van der Waals surface area contributed by atoms with E-state index in [9.17, 15) is 4.79 Å². The highest BCUT2D eigenvalue weighted by molar-refractivity contribution is 5.78. The van der Waals surface area contributed by atoms with Gasteiger partial charge in [-0.05, 0) is 49.3 Å². The van der Waals surface area contributed by atoms with E-state index in [2.05, 4.69) is 31.4 Å². The SMILES string of the molecule is COc1ccc(OC)c(C(C)NC(=O)CNC2CCCCC2C(C)(C)C)c1. The fourth-order valence-electron chi connectivity index (χ4n) is 4.18. The van der Waals surface area contributed by atoms with Crippen LogP contribution in [0.1, 0.15) is 65.0 Å². The van der Waals surface area contributed by atoms with Crippen LogP contribution in [-0.2, 0) is 4.79 Å². The second-order valence-corrected chi connectivity index (χ2v) is 8.64. The molecule has 1 saturated carbocycles. The van der Waals surface area contributed by atoms with Crippen LogP contribution in [0.5, 0.6) is 11.5 Å². The summed E-state index contributed by atoms with van der Waals surface area (Å²) in [5.41, 5.74) is 1.17. The molecule has 3 atom stereocenters. The van der Waals surface area contributed by atoms with Crippen molar-refractivity contribution in [3.05, 3.63) is 23.8 Å². The lowest BCUT2D eigenvalue weighted by molar-refractivity contribution is -0.121. The van der Waals surface area contributed by atoms with Crippen LogP contribution in [0.3, 0.4) is 0 Å². The van der Waals surface area contributed by atoms with Gasteiger partial charge in [0.25, 0.3) is 0 Å². The molecule has 1 aliphatic rings. The molecule has 2 N–H and O–H groups in total. The quantitative estimate of drug-likeness (QED) is 0.753. The first-order valence-corrected chi connectivity index (χ1v) is 10.0. The van der Waals surface area contributed by atoms with Crippen molar-refractivity contribution in [2.24, 2.45) is 11.3 Å². The summed E-state index contributed by atoms with van der Waals surface area (Å²) < 4.78 is 10.7. The maximum atomic E-state index is 12.5. The molecule has 27 heavy (non-hydrogen) atoms. The van der Waals surface area contributed by atoms with Gasteiger partial charge >= 0.3 is 0 Å². The fraction of sp³-hybridized carbons (Fsp3) is 0.682. The van der Waals surface area contributed by atoms with E-state index < -0.39 is 0 Å². The van der Waals surface area contributed by atoms with E-state index in [1.54, 1.807) is 14.2 Å². The predicted octanol–water partition coefficient (Wildman–Crippen LogP) is 4.08. The minimum atomic E-state index is -0.158. The number of ether oxygens (including phenoxy) is 2. The molecule has 0 saturated heterocycles. The third-order valence-electron chi connectivity index (χ3n) is 5.68. The summed E-state index contributed by atoms with van der Waals surface area (Å²) in [6, 6.07) is 5.88. The van der Waals surface area contributed by atoms with Crippen LogP contribution >= 0.6 is 0 Å². The van der Waals surface area contributed by atoms with Gasteiger partial charge in [0, 0.05) is 11.6 Å². The van der Waals surface area contributed by atoms with Crippen molar-refractivity contribution in [1.29, 1.82) is 0 Å². The van der Waals surface area contributed by atoms with Gasteiger partial charge < -0.3 is 20.1 Å². The first kappa shape index (κ1) is 21.5. The highest BCUT2D eigenvalue weighted by Gasteiger charge is 2.34. The summed E-state index contributed by atoms with van der Waals surface area (Å²) in [4.78, 5) is 12.5. The largest absolute Gasteiger partial charge is 0.497 e. The molecule has 5 nitrogen and oxygen atoms in total. The summed E-state index contributed by atoms with van der Waals surface area (Å²) >= 11 is 0. The zero-order chi connectivity index (χ0) is 20.0. The topological polar surface area (TPSA) is 59.6 Å². The molecule has 1 aliphatic carbocycles. The number of rotatable bonds is 7. The summed E-state index contributed by atoms with van der Waals surface area (Å²) in [6.07, 6.45) is 4.91. The smallest absolute Gasteiger partial charge is 0.234 e. The molecular weight excluding hydrogens is 340 g/mol. The number of benzene rings is 1. The Morgan fingerprint density at radius 2 is 1.89 bits per heavy atom. The zero-order valence-electron chi connectivity index (χ0n) is 17.7. The average molecular weight is 377 g/mol. The molecule has 0 radical (unpaired) electrons. The molecule has 0 aromatic heterocycles. The van der Waals surface area contributed by atoms with Crippen molar-refractivity contribution < 1.29 is 14.3 Å². The number of hydrogen-bond donors (Lipinski definition) is 2. The van der Waals surface area contributed by atoms with E-state index in [0.29, 0.717) is 18.5 Å². The van der Waals surface area contributed by atoms with Crippen molar-refractivity contribution >= 4 is 5.91 Å². The van der Waals surface area contributed by atoms with Gasteiger partial charge in [0.2, 0.25) is 5.91 Å². The lowest BCUT2D eigenvalue weighted by atomic mass is 9.69. The Balaban J connectivity index is 1.95. The van der Waals surface area contributed by atoms with E-state index in [1.807, 2.05) is 25.1 Å². The van der Waals surface area contributed by atoms with Crippen LogP contribution in [0.4, 0.5) is 0 Å². The Hall–Kier alpha value is -1.75. The zero-order valence-corrected chi connectivity index (χ0v) is 17.7. The van der Waals surface area contributed by atoms with Crippen LogP contribution in [0.25, 0.3) is 0 Å². The maximum absolute atomic E-state index is 12.5. The van der Waals surface area contributed by atoms with Gasteiger partial charge in [-0.15, -0.1) is 0 Å². The van der Waals surface area contributed by atoms with Gasteiger partial charge in [-0.1, -0.05) is 33.6 Å². The Morgan fingerprint density at radius 3 is 2.52 bits per heavy atom. The summed E-state index contributed by atoms with van der Waals surface area (Å²) in [5, 5.41) is 6.60. The second-order valence-electron chi connectivity index (χ2n) is 8.64. The highest BCUT2D eigenvalue weighted by Crippen LogP contribution is 2.38. The van der Waals surface area contributed by atoms with Crippen LogP contribution in [-0.4, -0.2) is 32.7 Å². The Kier molecular flexibility index (Phi) is 7.54. The molecule has 1 aromatic carbocycles. The van der Waals surface area contributed by atoms with Crippen molar-refractivity contribution in [3.63, 3.8) is 0 Å². The van der Waals surface area contributed by atoms with Crippen molar-refractivity contribution in [1.82, 2.24) is 10.6 Å². The minimum Gasteiger partial charge on any atom is -0.497 e. The number of methoxy groups -OCH3 is 2. The van der Waals surface area contributed by atoms with E-state index >= 15 is 0 Å². The van der Waals surface area contributed by atoms with E-state index in [1.165, 1.54) is 19.3 Å². The Labute approximate surface area is 164 Å². The van der Waals surface area contributed by atoms with Gasteiger partial charge in [0.1, 0.15) is 11.5 Å². The summed E-state index contributed by atoms with van der Waals surface area (Å²) in [7, 11) is 3.27. The number of carbonyl (C=O) groups excluding carboxylic acids is 1. The molecule has 0 spiro atoms. The summed E-state index contributed by atoms with van der Waals surface area (Å²) in [5.74, 6) is 2.11. The Morgan fingerprint density at radius 1 is 1.19 bits per heavy atom. The lowest BCUT2D eigenvalue weighted by Crippen LogP contribution is -2.47. The molecule has 0 aliphatic heterocycles. The van der Waals surface area contributed by atoms with Gasteiger partial charge in [-0.25, -0.2) is 0 Å². The molecule has 0 heterocycles. The molecule has 1 aromatic rings. The normalized spacial score (nSPS) is 21.4. The van der Waals surface area contributed by atoms with Crippen LogP contribution in [0, 0.1) is 11.3 Å². The van der Waals surface area contributed by atoms with E-state index in [0.717, 1.165) is 23.5 Å². The van der Waals surface area contributed by atoms with Crippen LogP contribution in [0.15, 0.2) is 18.2 Å². The minimum absolute atomic E-state index is 0.00519. The van der Waals surface area contributed by atoms with Gasteiger partial charge in [-0.3, -0.25) is 4.79 Å². The molecule has 3 unspecified atom stereocenters. The standard InChI is InChI=1S/C22H36N2O3/c1-15(17-13-16(26-5)11-12-20(17)27-6)24-21(25)14-23-19-10-8-7-9-18(19)22(2,3)4/h11-13,15,18-19,23H,7-10,14H2,1-6H3,(H,24,25). The number of nitrogens with one attached hydrogen (secondary N) is 2. The van der Waals surface area contributed by atoms with Crippen molar-refractivity contribution in [3.8, 4) is 11.5 Å². The molecule has 5 heteroatoms. The molecule has 1 fully saturated rings. The second kappa shape index (κ2) is 9.45. The number of carbonyl (C=O) groups is 1. The summed E-state index contributed by atoms with van der Waals surface area (Å²) in [6.45, 7) is 9.21.